The van der Waals surface area contributed by atoms with E-state index in [0.717, 1.165) is 36.3 Å². The van der Waals surface area contributed by atoms with E-state index in [4.69, 9.17) is 0 Å². The van der Waals surface area contributed by atoms with Crippen molar-refractivity contribution in [2.75, 3.05) is 18.9 Å². The number of anilines is 1. The molecule has 0 aliphatic carbocycles. The molecule has 1 aromatic heterocycles. The lowest BCUT2D eigenvalue weighted by atomic mass is 9.80. The Morgan fingerprint density at radius 1 is 0.854 bits per heavy atom. The van der Waals surface area contributed by atoms with Gasteiger partial charge in [-0.15, -0.1) is 0 Å². The van der Waals surface area contributed by atoms with Crippen molar-refractivity contribution < 1.29 is 9.59 Å². The van der Waals surface area contributed by atoms with E-state index >= 15 is 0 Å². The summed E-state index contributed by atoms with van der Waals surface area (Å²) in [4.78, 5) is 34.0. The predicted octanol–water partition coefficient (Wildman–Crippen LogP) is 7.41. The summed E-state index contributed by atoms with van der Waals surface area (Å²) < 4.78 is 0. The quantitative estimate of drug-likeness (QED) is 0.199. The maximum absolute atomic E-state index is 14.0. The van der Waals surface area contributed by atoms with Crippen LogP contribution in [0.25, 0.3) is 0 Å². The lowest BCUT2D eigenvalue weighted by Gasteiger charge is -2.29. The first-order valence-corrected chi connectivity index (χ1v) is 15.0. The molecule has 0 bridgehead atoms. The number of aromatic nitrogens is 1. The summed E-state index contributed by atoms with van der Waals surface area (Å²) in [6.07, 6.45) is 6.49. The minimum atomic E-state index is -0.347. The van der Waals surface area contributed by atoms with Gasteiger partial charge in [-0.2, -0.15) is 0 Å². The van der Waals surface area contributed by atoms with Crippen molar-refractivity contribution in [2.24, 2.45) is 17.3 Å². The van der Waals surface area contributed by atoms with Gasteiger partial charge in [-0.3, -0.25) is 19.5 Å². The molecule has 5 heteroatoms. The van der Waals surface area contributed by atoms with Gasteiger partial charge in [0.1, 0.15) is 5.78 Å². The van der Waals surface area contributed by atoms with Crippen LogP contribution in [0.5, 0.6) is 0 Å². The summed E-state index contributed by atoms with van der Waals surface area (Å²) in [7, 11) is 2.04. The number of Topliss-reactive ketones (excluding diaryl/α,β-unsaturated/α-hetero) is 2. The van der Waals surface area contributed by atoms with Crippen LogP contribution in [-0.4, -0.2) is 41.1 Å². The molecule has 3 rings (SSSR count). The van der Waals surface area contributed by atoms with Gasteiger partial charge in [-0.05, 0) is 79.1 Å². The first-order valence-electron chi connectivity index (χ1n) is 15.0. The van der Waals surface area contributed by atoms with Crippen LogP contribution in [0, 0.1) is 17.3 Å². The van der Waals surface area contributed by atoms with Crippen LogP contribution >= 0.6 is 0 Å². The predicted molar refractivity (Wildman–Crippen MR) is 170 cm³/mol. The van der Waals surface area contributed by atoms with Crippen molar-refractivity contribution in [3.05, 3.63) is 95.8 Å². The fraction of sp³-hybridized carbons (Fsp3) is 0.472. The molecule has 0 fully saturated rings. The molecular weight excluding hydrogens is 506 g/mol. The number of benzene rings is 2. The zero-order chi connectivity index (χ0) is 29.8. The zero-order valence-electron chi connectivity index (χ0n) is 25.9. The van der Waals surface area contributed by atoms with E-state index in [1.807, 2.05) is 43.6 Å². The third kappa shape index (κ3) is 11.6. The van der Waals surface area contributed by atoms with E-state index < -0.39 is 0 Å². The molecule has 2 aromatic carbocycles. The van der Waals surface area contributed by atoms with Gasteiger partial charge in [0, 0.05) is 43.4 Å². The van der Waals surface area contributed by atoms with Crippen molar-refractivity contribution in [1.29, 1.82) is 0 Å². The number of hydrogen-bond acceptors (Lipinski definition) is 5. The van der Waals surface area contributed by atoms with Gasteiger partial charge < -0.3 is 5.32 Å². The molecule has 0 aliphatic heterocycles. The topological polar surface area (TPSA) is 62.3 Å². The number of carbonyl (C=O) groups excluding carboxylic acids is 2. The number of nitrogens with one attached hydrogen (secondary N) is 1. The summed E-state index contributed by atoms with van der Waals surface area (Å²) in [5.41, 5.74) is 4.25. The van der Waals surface area contributed by atoms with Crippen molar-refractivity contribution in [2.45, 2.75) is 79.3 Å². The number of rotatable bonds is 16. The molecule has 41 heavy (non-hydrogen) atoms. The normalized spacial score (nSPS) is 13.3. The van der Waals surface area contributed by atoms with Gasteiger partial charge in [-0.1, -0.05) is 83.1 Å². The van der Waals surface area contributed by atoms with Crippen molar-refractivity contribution >= 4 is 17.3 Å². The van der Waals surface area contributed by atoms with Crippen molar-refractivity contribution in [3.8, 4) is 0 Å². The van der Waals surface area contributed by atoms with E-state index in [2.05, 4.69) is 86.2 Å². The molecular formula is C36H49N3O2. The Hall–Kier alpha value is -3.31. The minimum Gasteiger partial charge on any atom is -0.381 e. The first kappa shape index (κ1) is 32.2. The number of likely N-dealkylation sites (N-methyl/N-ethyl adjacent to an activating group) is 1. The van der Waals surface area contributed by atoms with Crippen LogP contribution in [-0.2, 0) is 29.0 Å². The molecule has 220 valence electrons. The average molecular weight is 556 g/mol. The Morgan fingerprint density at radius 2 is 1.54 bits per heavy atom. The summed E-state index contributed by atoms with van der Waals surface area (Å²) >= 11 is 0. The van der Waals surface area contributed by atoms with Gasteiger partial charge in [0.05, 0.1) is 6.04 Å². The summed E-state index contributed by atoms with van der Waals surface area (Å²) in [5.74, 6) is 0.508. The summed E-state index contributed by atoms with van der Waals surface area (Å²) in [6.45, 7) is 12.3. The Bertz CT molecular complexity index is 1200. The van der Waals surface area contributed by atoms with Crippen LogP contribution < -0.4 is 5.32 Å². The van der Waals surface area contributed by atoms with E-state index in [1.54, 1.807) is 6.20 Å². The van der Waals surface area contributed by atoms with Crippen molar-refractivity contribution in [3.63, 3.8) is 0 Å². The smallest absolute Gasteiger partial charge is 0.151 e. The lowest BCUT2D eigenvalue weighted by Crippen LogP contribution is -2.42. The van der Waals surface area contributed by atoms with E-state index in [9.17, 15) is 9.59 Å². The highest BCUT2D eigenvalue weighted by Gasteiger charge is 2.31. The zero-order valence-corrected chi connectivity index (χ0v) is 25.9. The van der Waals surface area contributed by atoms with Crippen LogP contribution in [0.1, 0.15) is 70.6 Å². The lowest BCUT2D eigenvalue weighted by molar-refractivity contribution is -0.131. The van der Waals surface area contributed by atoms with Crippen LogP contribution in [0.3, 0.4) is 0 Å². The monoisotopic (exact) mass is 555 g/mol. The van der Waals surface area contributed by atoms with Crippen LogP contribution in [0.2, 0.25) is 0 Å². The third-order valence-corrected chi connectivity index (χ3v) is 7.50. The Balaban J connectivity index is 1.75. The van der Waals surface area contributed by atoms with Gasteiger partial charge in [0.2, 0.25) is 0 Å². The molecule has 0 spiro atoms. The maximum atomic E-state index is 14.0. The van der Waals surface area contributed by atoms with Gasteiger partial charge in [-0.25, -0.2) is 0 Å². The highest BCUT2D eigenvalue weighted by Crippen LogP contribution is 2.26. The van der Waals surface area contributed by atoms with E-state index in [1.165, 1.54) is 5.56 Å². The van der Waals surface area contributed by atoms with Crippen LogP contribution in [0.15, 0.2) is 79.1 Å². The molecule has 1 heterocycles. The molecule has 2 unspecified atom stereocenters. The number of hydrogen-bond donors (Lipinski definition) is 1. The highest BCUT2D eigenvalue weighted by atomic mass is 16.1. The molecule has 0 saturated carbocycles. The number of pyridine rings is 1. The fourth-order valence-electron chi connectivity index (χ4n) is 5.06. The second kappa shape index (κ2) is 15.6. The largest absolute Gasteiger partial charge is 0.381 e. The Morgan fingerprint density at radius 3 is 2.15 bits per heavy atom. The van der Waals surface area contributed by atoms with Gasteiger partial charge in [0.15, 0.2) is 5.78 Å². The van der Waals surface area contributed by atoms with E-state index in [-0.39, 0.29) is 35.4 Å². The summed E-state index contributed by atoms with van der Waals surface area (Å²) in [6, 6.07) is 22.3. The molecule has 2 atom stereocenters. The summed E-state index contributed by atoms with van der Waals surface area (Å²) in [5, 5.41) is 3.47. The third-order valence-electron chi connectivity index (χ3n) is 7.50. The standard InChI is InChI=1S/C36H49N3O2/c1-27(2)18-20-39(6)33(22-30-13-10-19-37-25-30)34(40)23-31(35(41)24-36(3,4)5)21-28-14-16-32(17-15-28)38-26-29-11-8-7-9-12-29/h7-17,19,25,27,31,33,38H,18,20-24,26H2,1-6H3. The Labute approximate surface area is 247 Å². The minimum absolute atomic E-state index is 0.132. The maximum Gasteiger partial charge on any atom is 0.151 e. The van der Waals surface area contributed by atoms with Crippen molar-refractivity contribution in [1.82, 2.24) is 9.88 Å². The number of nitrogens with zero attached hydrogens (tertiary/aromatic N) is 2. The SMILES string of the molecule is CC(C)CCN(C)C(Cc1cccnc1)C(=O)CC(Cc1ccc(NCc2ccccc2)cc1)C(=O)CC(C)(C)C. The second-order valence-electron chi connectivity index (χ2n) is 13.1. The van der Waals surface area contributed by atoms with E-state index in [0.29, 0.717) is 25.2 Å². The molecule has 0 radical (unpaired) electrons. The molecule has 3 aromatic rings. The molecule has 0 aliphatic rings. The van der Waals surface area contributed by atoms with Crippen LogP contribution in [0.4, 0.5) is 5.69 Å². The Kier molecular flexibility index (Phi) is 12.3. The molecule has 0 saturated heterocycles. The number of carbonyl (C=O) groups is 2. The molecule has 1 N–H and O–H groups in total. The van der Waals surface area contributed by atoms with Gasteiger partial charge >= 0.3 is 0 Å². The highest BCUT2D eigenvalue weighted by molar-refractivity contribution is 5.91. The number of ketones is 2. The average Bonchev–Trinajstić information content (AvgIpc) is 2.94. The van der Waals surface area contributed by atoms with Gasteiger partial charge in [0.25, 0.3) is 0 Å². The first-order chi connectivity index (χ1) is 19.5. The molecule has 0 amide bonds. The second-order valence-corrected chi connectivity index (χ2v) is 13.1. The fourth-order valence-corrected chi connectivity index (χ4v) is 5.06. The molecule has 5 nitrogen and oxygen atoms in total.